The predicted molar refractivity (Wildman–Crippen MR) is 42.5 cm³/mol. The lowest BCUT2D eigenvalue weighted by Crippen LogP contribution is -2.35. The van der Waals surface area contributed by atoms with Gasteiger partial charge in [-0.1, -0.05) is 0 Å². The van der Waals surface area contributed by atoms with Crippen molar-refractivity contribution in [1.29, 1.82) is 0 Å². The summed E-state index contributed by atoms with van der Waals surface area (Å²) < 4.78 is 63.9. The zero-order valence-electron chi connectivity index (χ0n) is 7.82. The highest BCUT2D eigenvalue weighted by molar-refractivity contribution is 5.94. The van der Waals surface area contributed by atoms with Crippen molar-refractivity contribution in [3.05, 3.63) is 34.6 Å². The Bertz CT molecular complexity index is 431. The van der Waals surface area contributed by atoms with E-state index in [1.165, 1.54) is 0 Å². The minimum atomic E-state index is -2.33. The molecule has 0 fully saturated rings. The molecule has 0 aliphatic heterocycles. The van der Waals surface area contributed by atoms with Gasteiger partial charge in [0.1, 0.15) is 5.56 Å². The standard InChI is InChI=1S/C8H5F5N2O/c1-15(14)8(16)2-3(9)5(11)7(13)6(12)4(2)10/h14H2,1H3. The molecule has 0 aliphatic rings. The molecule has 0 heterocycles. The second kappa shape index (κ2) is 4.05. The molecule has 88 valence electrons. The van der Waals surface area contributed by atoms with Gasteiger partial charge in [0.15, 0.2) is 23.3 Å². The molecule has 1 aromatic carbocycles. The molecular weight excluding hydrogens is 235 g/mol. The fourth-order valence-corrected chi connectivity index (χ4v) is 0.969. The molecule has 0 aliphatic carbocycles. The minimum absolute atomic E-state index is 0.207. The first-order chi connectivity index (χ1) is 7.29. The minimum Gasteiger partial charge on any atom is -0.280 e. The third-order valence-corrected chi connectivity index (χ3v) is 1.74. The number of rotatable bonds is 1. The second-order valence-corrected chi connectivity index (χ2v) is 2.86. The van der Waals surface area contributed by atoms with Crippen molar-refractivity contribution in [1.82, 2.24) is 5.01 Å². The second-order valence-electron chi connectivity index (χ2n) is 2.86. The maximum absolute atomic E-state index is 13.0. The number of carbonyl (C=O) groups excluding carboxylic acids is 1. The molecule has 0 unspecified atom stereocenters. The van der Waals surface area contributed by atoms with Gasteiger partial charge in [-0.3, -0.25) is 9.80 Å². The Morgan fingerprint density at radius 1 is 0.938 bits per heavy atom. The summed E-state index contributed by atoms with van der Waals surface area (Å²) in [4.78, 5) is 11.1. The zero-order chi connectivity index (χ0) is 12.6. The fourth-order valence-electron chi connectivity index (χ4n) is 0.969. The van der Waals surface area contributed by atoms with Crippen LogP contribution in [0.2, 0.25) is 0 Å². The lowest BCUT2D eigenvalue weighted by Gasteiger charge is -2.12. The zero-order valence-corrected chi connectivity index (χ0v) is 7.82. The summed E-state index contributed by atoms with van der Waals surface area (Å²) in [6, 6.07) is 0. The Morgan fingerprint density at radius 2 is 1.25 bits per heavy atom. The van der Waals surface area contributed by atoms with Gasteiger partial charge in [0.25, 0.3) is 5.91 Å². The smallest absolute Gasteiger partial charge is 0.273 e. The van der Waals surface area contributed by atoms with E-state index < -0.39 is 40.6 Å². The number of hydrazine groups is 1. The van der Waals surface area contributed by atoms with Gasteiger partial charge in [-0.25, -0.2) is 27.8 Å². The van der Waals surface area contributed by atoms with Crippen LogP contribution in [-0.4, -0.2) is 18.0 Å². The van der Waals surface area contributed by atoms with E-state index in [1.807, 2.05) is 0 Å². The van der Waals surface area contributed by atoms with E-state index in [-0.39, 0.29) is 5.01 Å². The molecule has 0 spiro atoms. The topological polar surface area (TPSA) is 46.3 Å². The molecule has 1 aromatic rings. The predicted octanol–water partition coefficient (Wildman–Crippen LogP) is 1.33. The van der Waals surface area contributed by atoms with E-state index in [2.05, 4.69) is 0 Å². The molecule has 0 aromatic heterocycles. The number of nitrogens with two attached hydrogens (primary N) is 1. The summed E-state index contributed by atoms with van der Waals surface area (Å²) in [6.07, 6.45) is 0. The van der Waals surface area contributed by atoms with Crippen LogP contribution in [0.3, 0.4) is 0 Å². The Hall–Kier alpha value is -1.70. The first kappa shape index (κ1) is 12.4. The van der Waals surface area contributed by atoms with E-state index in [4.69, 9.17) is 5.84 Å². The highest BCUT2D eigenvalue weighted by Gasteiger charge is 2.30. The van der Waals surface area contributed by atoms with Crippen LogP contribution in [0.25, 0.3) is 0 Å². The average molecular weight is 240 g/mol. The molecule has 16 heavy (non-hydrogen) atoms. The van der Waals surface area contributed by atoms with Gasteiger partial charge in [0, 0.05) is 7.05 Å². The van der Waals surface area contributed by atoms with Crippen molar-refractivity contribution < 1.29 is 26.7 Å². The van der Waals surface area contributed by atoms with Gasteiger partial charge in [0.2, 0.25) is 5.82 Å². The molecule has 0 saturated heterocycles. The van der Waals surface area contributed by atoms with Crippen LogP contribution in [0.4, 0.5) is 22.0 Å². The van der Waals surface area contributed by atoms with Gasteiger partial charge in [-0.2, -0.15) is 0 Å². The van der Waals surface area contributed by atoms with Crippen LogP contribution in [0.1, 0.15) is 10.4 Å². The van der Waals surface area contributed by atoms with Gasteiger partial charge >= 0.3 is 0 Å². The van der Waals surface area contributed by atoms with Crippen LogP contribution < -0.4 is 5.84 Å². The van der Waals surface area contributed by atoms with E-state index >= 15 is 0 Å². The van der Waals surface area contributed by atoms with Crippen LogP contribution in [0.5, 0.6) is 0 Å². The van der Waals surface area contributed by atoms with Crippen molar-refractivity contribution >= 4 is 5.91 Å². The van der Waals surface area contributed by atoms with Gasteiger partial charge in [0.05, 0.1) is 0 Å². The number of hydrogen-bond acceptors (Lipinski definition) is 2. The molecule has 1 rings (SSSR count). The number of halogens is 5. The van der Waals surface area contributed by atoms with E-state index in [9.17, 15) is 26.7 Å². The van der Waals surface area contributed by atoms with Crippen LogP contribution in [-0.2, 0) is 0 Å². The summed E-state index contributed by atoms with van der Waals surface area (Å²) >= 11 is 0. The molecular formula is C8H5F5N2O. The van der Waals surface area contributed by atoms with E-state index in [1.54, 1.807) is 0 Å². The summed E-state index contributed by atoms with van der Waals surface area (Å²) in [5, 5.41) is 0.207. The summed E-state index contributed by atoms with van der Waals surface area (Å²) in [6.45, 7) is 0. The first-order valence-electron chi connectivity index (χ1n) is 3.83. The largest absolute Gasteiger partial charge is 0.280 e. The van der Waals surface area contributed by atoms with Crippen molar-refractivity contribution in [2.45, 2.75) is 0 Å². The third kappa shape index (κ3) is 1.71. The molecule has 1 amide bonds. The molecule has 2 N–H and O–H groups in total. The van der Waals surface area contributed by atoms with Crippen molar-refractivity contribution in [2.75, 3.05) is 7.05 Å². The van der Waals surface area contributed by atoms with Crippen molar-refractivity contribution in [2.24, 2.45) is 5.84 Å². The maximum Gasteiger partial charge on any atom is 0.273 e. The normalized spacial score (nSPS) is 10.4. The molecule has 0 saturated carbocycles. The summed E-state index contributed by atoms with van der Waals surface area (Å²) in [5.41, 5.74) is -1.58. The van der Waals surface area contributed by atoms with Crippen LogP contribution in [0.15, 0.2) is 0 Å². The van der Waals surface area contributed by atoms with Crippen LogP contribution in [0, 0.1) is 29.1 Å². The van der Waals surface area contributed by atoms with Crippen molar-refractivity contribution in [3.63, 3.8) is 0 Å². The monoisotopic (exact) mass is 240 g/mol. The van der Waals surface area contributed by atoms with Crippen LogP contribution >= 0.6 is 0 Å². The fraction of sp³-hybridized carbons (Fsp3) is 0.125. The summed E-state index contributed by atoms with van der Waals surface area (Å²) in [7, 11) is 0.903. The van der Waals surface area contributed by atoms with E-state index in [0.29, 0.717) is 0 Å². The first-order valence-corrected chi connectivity index (χ1v) is 3.83. The number of carbonyl (C=O) groups is 1. The Balaban J connectivity index is 3.58. The highest BCUT2D eigenvalue weighted by atomic mass is 19.2. The number of hydrogen-bond donors (Lipinski definition) is 1. The quantitative estimate of drug-likeness (QED) is 0.201. The van der Waals surface area contributed by atoms with Gasteiger partial charge in [-0.15, -0.1) is 0 Å². The Morgan fingerprint density at radius 3 is 1.56 bits per heavy atom. The lowest BCUT2D eigenvalue weighted by molar-refractivity contribution is 0.0782. The van der Waals surface area contributed by atoms with E-state index in [0.717, 1.165) is 7.05 Å². The summed E-state index contributed by atoms with van der Waals surface area (Å²) in [5.74, 6) is -7.79. The van der Waals surface area contributed by atoms with Gasteiger partial charge in [-0.05, 0) is 0 Å². The SMILES string of the molecule is CN(N)C(=O)c1c(F)c(F)c(F)c(F)c1F. The number of nitrogens with zero attached hydrogens (tertiary/aromatic N) is 1. The molecule has 3 nitrogen and oxygen atoms in total. The lowest BCUT2D eigenvalue weighted by atomic mass is 10.1. The van der Waals surface area contributed by atoms with Crippen molar-refractivity contribution in [3.8, 4) is 0 Å². The molecule has 8 heteroatoms. The molecule has 0 radical (unpaired) electrons. The average Bonchev–Trinajstić information content (AvgIpc) is 2.23. The number of amides is 1. The third-order valence-electron chi connectivity index (χ3n) is 1.74. The maximum atomic E-state index is 13.0. The molecule has 0 bridgehead atoms. The number of benzene rings is 1. The highest BCUT2D eigenvalue weighted by Crippen LogP contribution is 2.23. The van der Waals surface area contributed by atoms with Gasteiger partial charge < -0.3 is 0 Å². The Kier molecular flexibility index (Phi) is 3.13. The molecule has 0 atom stereocenters. The Labute approximate surface area is 86.2 Å².